The van der Waals surface area contributed by atoms with E-state index in [1.165, 1.54) is 0 Å². The van der Waals surface area contributed by atoms with Crippen LogP contribution in [0.4, 0.5) is 4.79 Å². The molecule has 1 aromatic heterocycles. The summed E-state index contributed by atoms with van der Waals surface area (Å²) in [5.41, 5.74) is -0.713. The van der Waals surface area contributed by atoms with Crippen LogP contribution in [-0.2, 0) is 11.3 Å². The molecule has 0 aliphatic carbocycles. The predicted molar refractivity (Wildman–Crippen MR) is 76.7 cm³/mol. The molecule has 1 fully saturated rings. The molecule has 21 heavy (non-hydrogen) atoms. The van der Waals surface area contributed by atoms with Gasteiger partial charge in [0.2, 0.25) is 0 Å². The van der Waals surface area contributed by atoms with Gasteiger partial charge in [0, 0.05) is 19.6 Å². The molecule has 0 radical (unpaired) electrons. The van der Waals surface area contributed by atoms with E-state index in [1.54, 1.807) is 29.1 Å². The molecule has 2 amide bonds. The molecule has 1 aliphatic heterocycles. The van der Waals surface area contributed by atoms with Crippen molar-refractivity contribution in [1.29, 1.82) is 0 Å². The van der Waals surface area contributed by atoms with Crippen molar-refractivity contribution in [3.05, 3.63) is 24.2 Å². The molecule has 6 nitrogen and oxygen atoms in total. The van der Waals surface area contributed by atoms with E-state index in [9.17, 15) is 14.7 Å². The molecule has 0 aromatic carbocycles. The van der Waals surface area contributed by atoms with E-state index in [4.69, 9.17) is 4.42 Å². The van der Waals surface area contributed by atoms with Gasteiger partial charge < -0.3 is 19.3 Å². The minimum Gasteiger partial charge on any atom is -0.481 e. The number of carboxylic acid groups (broad SMARTS) is 1. The molecule has 1 aliphatic rings. The van der Waals surface area contributed by atoms with E-state index in [2.05, 4.69) is 0 Å². The second kappa shape index (κ2) is 6.20. The Kier molecular flexibility index (Phi) is 4.55. The van der Waals surface area contributed by atoms with Crippen molar-refractivity contribution in [1.82, 2.24) is 9.80 Å². The minimum absolute atomic E-state index is 0.0543. The summed E-state index contributed by atoms with van der Waals surface area (Å²) in [5.74, 6) is -0.0323. The molecule has 0 saturated carbocycles. The van der Waals surface area contributed by atoms with Crippen molar-refractivity contribution >= 4 is 12.0 Å². The van der Waals surface area contributed by atoms with E-state index < -0.39 is 11.4 Å². The van der Waals surface area contributed by atoms with Crippen LogP contribution in [0.1, 0.15) is 32.4 Å². The lowest BCUT2D eigenvalue weighted by Crippen LogP contribution is -2.49. The number of urea groups is 1. The van der Waals surface area contributed by atoms with Gasteiger partial charge in [-0.05, 0) is 38.8 Å². The molecule has 2 rings (SSSR count). The molecular formula is C15H22N2O4. The van der Waals surface area contributed by atoms with Crippen LogP contribution in [0.15, 0.2) is 22.8 Å². The average Bonchev–Trinajstić information content (AvgIpc) is 2.97. The zero-order valence-corrected chi connectivity index (χ0v) is 12.5. The highest BCUT2D eigenvalue weighted by Crippen LogP contribution is 2.31. The van der Waals surface area contributed by atoms with Gasteiger partial charge in [-0.1, -0.05) is 0 Å². The molecule has 1 saturated heterocycles. The number of nitrogens with zero attached hydrogens (tertiary/aromatic N) is 2. The zero-order chi connectivity index (χ0) is 15.5. The summed E-state index contributed by atoms with van der Waals surface area (Å²) in [6.45, 7) is 5.66. The van der Waals surface area contributed by atoms with Crippen LogP contribution >= 0.6 is 0 Å². The Balaban J connectivity index is 1.95. The largest absolute Gasteiger partial charge is 0.481 e. The van der Waals surface area contributed by atoms with Gasteiger partial charge in [0.25, 0.3) is 0 Å². The summed E-state index contributed by atoms with van der Waals surface area (Å²) in [5, 5.41) is 9.22. The van der Waals surface area contributed by atoms with E-state index >= 15 is 0 Å². The Labute approximate surface area is 124 Å². The van der Waals surface area contributed by atoms with Crippen LogP contribution < -0.4 is 0 Å². The van der Waals surface area contributed by atoms with Crippen molar-refractivity contribution in [2.75, 3.05) is 19.6 Å². The Bertz CT molecular complexity index is 490. The fourth-order valence-corrected chi connectivity index (χ4v) is 2.51. The number of rotatable bonds is 4. The summed E-state index contributed by atoms with van der Waals surface area (Å²) in [7, 11) is 0. The number of hydrogen-bond donors (Lipinski definition) is 1. The first-order valence-corrected chi connectivity index (χ1v) is 7.26. The third-order valence-electron chi connectivity index (χ3n) is 4.23. The Morgan fingerprint density at radius 2 is 2.10 bits per heavy atom. The van der Waals surface area contributed by atoms with Crippen LogP contribution in [0.2, 0.25) is 0 Å². The number of piperidine rings is 1. The summed E-state index contributed by atoms with van der Waals surface area (Å²) in [6, 6.07) is 3.59. The molecule has 2 heterocycles. The Hall–Kier alpha value is -1.98. The van der Waals surface area contributed by atoms with Crippen LogP contribution in [0.5, 0.6) is 0 Å². The summed E-state index contributed by atoms with van der Waals surface area (Å²) < 4.78 is 5.28. The molecular weight excluding hydrogens is 272 g/mol. The van der Waals surface area contributed by atoms with E-state index in [-0.39, 0.29) is 6.03 Å². The van der Waals surface area contributed by atoms with Gasteiger partial charge >= 0.3 is 12.0 Å². The highest BCUT2D eigenvalue weighted by molar-refractivity contribution is 5.77. The quantitative estimate of drug-likeness (QED) is 0.925. The lowest BCUT2D eigenvalue weighted by Gasteiger charge is -2.38. The number of carbonyl (C=O) groups excluding carboxylic acids is 1. The standard InChI is InChI=1S/C15H22N2O4/c1-3-16(11-12-5-4-10-21-12)14(20)17-8-6-15(2,7-9-17)13(18)19/h4-5,10H,3,6-9,11H2,1-2H3,(H,18,19). The fraction of sp³-hybridized carbons (Fsp3) is 0.600. The number of likely N-dealkylation sites (tertiary alicyclic amines) is 1. The first kappa shape index (κ1) is 15.4. The van der Waals surface area contributed by atoms with E-state index in [1.807, 2.05) is 13.0 Å². The number of furan rings is 1. The number of aliphatic carboxylic acids is 1. The van der Waals surface area contributed by atoms with Gasteiger partial charge in [-0.3, -0.25) is 4.79 Å². The summed E-state index contributed by atoms with van der Waals surface area (Å²) in [4.78, 5) is 27.2. The number of hydrogen-bond acceptors (Lipinski definition) is 3. The minimum atomic E-state index is -0.780. The maximum absolute atomic E-state index is 12.5. The smallest absolute Gasteiger partial charge is 0.320 e. The number of carboxylic acids is 1. The van der Waals surface area contributed by atoms with Gasteiger partial charge in [-0.15, -0.1) is 0 Å². The van der Waals surface area contributed by atoms with Gasteiger partial charge in [0.1, 0.15) is 5.76 Å². The van der Waals surface area contributed by atoms with Gasteiger partial charge in [0.05, 0.1) is 18.2 Å². The summed E-state index contributed by atoms with van der Waals surface area (Å²) in [6.07, 6.45) is 2.58. The lowest BCUT2D eigenvalue weighted by atomic mass is 9.80. The number of carbonyl (C=O) groups is 2. The van der Waals surface area contributed by atoms with Crippen molar-refractivity contribution in [3.63, 3.8) is 0 Å². The third-order valence-corrected chi connectivity index (χ3v) is 4.23. The molecule has 0 bridgehead atoms. The van der Waals surface area contributed by atoms with E-state index in [0.717, 1.165) is 5.76 Å². The van der Waals surface area contributed by atoms with Crippen molar-refractivity contribution in [2.24, 2.45) is 5.41 Å². The summed E-state index contributed by atoms with van der Waals surface area (Å²) >= 11 is 0. The fourth-order valence-electron chi connectivity index (χ4n) is 2.51. The van der Waals surface area contributed by atoms with Crippen LogP contribution in [0, 0.1) is 5.41 Å². The maximum atomic E-state index is 12.5. The zero-order valence-electron chi connectivity index (χ0n) is 12.5. The van der Waals surface area contributed by atoms with Crippen molar-refractivity contribution in [2.45, 2.75) is 33.2 Å². The van der Waals surface area contributed by atoms with Crippen molar-refractivity contribution < 1.29 is 19.1 Å². The molecule has 1 aromatic rings. The number of amides is 2. The van der Waals surface area contributed by atoms with Gasteiger partial charge in [-0.2, -0.15) is 0 Å². The molecule has 116 valence electrons. The monoisotopic (exact) mass is 294 g/mol. The molecule has 1 N–H and O–H groups in total. The third kappa shape index (κ3) is 3.37. The molecule has 6 heteroatoms. The van der Waals surface area contributed by atoms with Crippen LogP contribution in [0.25, 0.3) is 0 Å². The van der Waals surface area contributed by atoms with Gasteiger partial charge in [-0.25, -0.2) is 4.79 Å². The second-order valence-electron chi connectivity index (χ2n) is 5.73. The first-order chi connectivity index (χ1) is 9.96. The highest BCUT2D eigenvalue weighted by Gasteiger charge is 2.38. The first-order valence-electron chi connectivity index (χ1n) is 7.26. The second-order valence-corrected chi connectivity index (χ2v) is 5.73. The van der Waals surface area contributed by atoms with Gasteiger partial charge in [0.15, 0.2) is 0 Å². The normalized spacial score (nSPS) is 17.5. The molecule has 0 unspecified atom stereocenters. The lowest BCUT2D eigenvalue weighted by molar-refractivity contribution is -0.150. The average molecular weight is 294 g/mol. The van der Waals surface area contributed by atoms with Crippen LogP contribution in [-0.4, -0.2) is 46.5 Å². The predicted octanol–water partition coefficient (Wildman–Crippen LogP) is 2.41. The Morgan fingerprint density at radius 1 is 1.43 bits per heavy atom. The Morgan fingerprint density at radius 3 is 2.57 bits per heavy atom. The topological polar surface area (TPSA) is 74.0 Å². The van der Waals surface area contributed by atoms with Crippen molar-refractivity contribution in [3.8, 4) is 0 Å². The molecule has 0 spiro atoms. The van der Waals surface area contributed by atoms with Crippen LogP contribution in [0.3, 0.4) is 0 Å². The highest BCUT2D eigenvalue weighted by atomic mass is 16.4. The maximum Gasteiger partial charge on any atom is 0.320 e. The van der Waals surface area contributed by atoms with E-state index in [0.29, 0.717) is 39.0 Å². The molecule has 0 atom stereocenters. The SMILES string of the molecule is CCN(Cc1ccco1)C(=O)N1CCC(C)(C(=O)O)CC1.